The summed E-state index contributed by atoms with van der Waals surface area (Å²) >= 11 is 18.3. The van der Waals surface area contributed by atoms with Crippen LogP contribution in [0.4, 0.5) is 0 Å². The molecule has 2 aromatic heterocycles. The molecule has 1 aliphatic heterocycles. The van der Waals surface area contributed by atoms with Crippen molar-refractivity contribution in [1.29, 1.82) is 0 Å². The average Bonchev–Trinajstić information content (AvgIpc) is 1.84. The predicted octanol–water partition coefficient (Wildman–Crippen LogP) is 23.3. The SMILES string of the molecule is CC1(C)OB(c2cccc(-c3ccc4cc(-c5ccccc5)ccc4c3)c2)OC1(C)C.Clc1nc(-c2cccc(-c3ccc4cc(-c5ccccc5)ccc4c3)c2)nc(-c2cccc(-c3cccc4ccccc34)c2)n1.Clc1nc(Cl)nc(-c2cccc(-c3cccc4ccccc34)c2)n1. The van der Waals surface area contributed by atoms with Crippen molar-refractivity contribution in [2.75, 3.05) is 0 Å². The van der Waals surface area contributed by atoms with Crippen molar-refractivity contribution in [3.8, 4) is 101 Å². The van der Waals surface area contributed by atoms with E-state index in [9.17, 15) is 0 Å². The van der Waals surface area contributed by atoms with E-state index in [0.717, 1.165) is 55.5 Å². The largest absolute Gasteiger partial charge is 0.494 e. The molecule has 0 saturated carbocycles. The van der Waals surface area contributed by atoms with E-state index in [0.29, 0.717) is 17.5 Å². The van der Waals surface area contributed by atoms with Gasteiger partial charge in [0, 0.05) is 16.7 Å². The highest BCUT2D eigenvalue weighted by Crippen LogP contribution is 2.39. The summed E-state index contributed by atoms with van der Waals surface area (Å²) in [6.07, 6.45) is 0. The second-order valence-corrected chi connectivity index (χ2v) is 26.8. The first-order valence-corrected chi connectivity index (χ1v) is 34.3. The minimum atomic E-state index is -0.348. The first-order chi connectivity index (χ1) is 48.7. The molecule has 1 aliphatic rings. The van der Waals surface area contributed by atoms with Gasteiger partial charge in [-0.15, -0.1) is 0 Å². The van der Waals surface area contributed by atoms with E-state index in [1.807, 2.05) is 60.7 Å². The highest BCUT2D eigenvalue weighted by molar-refractivity contribution is 6.62. The van der Waals surface area contributed by atoms with Gasteiger partial charge in [0.05, 0.1) is 11.2 Å². The van der Waals surface area contributed by atoms with Crippen LogP contribution in [0.15, 0.2) is 315 Å². The van der Waals surface area contributed by atoms with E-state index >= 15 is 0 Å². The average molecular weight is 1350 g/mol. The molecule has 1 fully saturated rings. The van der Waals surface area contributed by atoms with Crippen LogP contribution in [0.2, 0.25) is 15.9 Å². The number of hydrogen-bond donors (Lipinski definition) is 0. The number of fused-ring (bicyclic) bond motifs is 4. The van der Waals surface area contributed by atoms with Crippen molar-refractivity contribution in [1.82, 2.24) is 29.9 Å². The molecule has 3 heterocycles. The van der Waals surface area contributed by atoms with Crippen LogP contribution in [0.1, 0.15) is 27.7 Å². The van der Waals surface area contributed by atoms with E-state index in [1.165, 1.54) is 76.5 Å². The van der Waals surface area contributed by atoms with E-state index in [4.69, 9.17) is 49.1 Å². The van der Waals surface area contributed by atoms with Gasteiger partial charge in [-0.2, -0.15) is 24.9 Å². The van der Waals surface area contributed by atoms with Crippen molar-refractivity contribution in [2.24, 2.45) is 0 Å². The molecule has 0 spiro atoms. The summed E-state index contributed by atoms with van der Waals surface area (Å²) in [7, 11) is -0.348. The zero-order valence-electron chi connectivity index (χ0n) is 55.2. The van der Waals surface area contributed by atoms with Gasteiger partial charge in [-0.3, -0.25) is 0 Å². The van der Waals surface area contributed by atoms with E-state index < -0.39 is 0 Å². The van der Waals surface area contributed by atoms with Gasteiger partial charge in [0.2, 0.25) is 15.9 Å². The Morgan fingerprint density at radius 2 is 0.540 bits per heavy atom. The van der Waals surface area contributed by atoms with Crippen molar-refractivity contribution in [2.45, 2.75) is 38.9 Å². The highest BCUT2D eigenvalue weighted by atomic mass is 35.5. The molecule has 0 bridgehead atoms. The molecule has 100 heavy (non-hydrogen) atoms. The van der Waals surface area contributed by atoms with Gasteiger partial charge in [-0.1, -0.05) is 273 Å². The molecule has 0 aliphatic carbocycles. The molecule has 8 nitrogen and oxygen atoms in total. The van der Waals surface area contributed by atoms with Gasteiger partial charge < -0.3 is 9.31 Å². The molecular weight excluding hydrogens is 1290 g/mol. The van der Waals surface area contributed by atoms with Gasteiger partial charge in [-0.25, -0.2) is 4.98 Å². The molecule has 0 amide bonds. The summed E-state index contributed by atoms with van der Waals surface area (Å²) < 4.78 is 12.5. The fourth-order valence-corrected chi connectivity index (χ4v) is 13.3. The van der Waals surface area contributed by atoms with Crippen LogP contribution >= 0.6 is 34.8 Å². The third-order valence-corrected chi connectivity index (χ3v) is 19.2. The number of nitrogens with zero attached hydrogens (tertiary/aromatic N) is 6. The summed E-state index contributed by atoms with van der Waals surface area (Å²) in [6, 6.07) is 110. The van der Waals surface area contributed by atoms with E-state index in [2.05, 4.69) is 307 Å². The van der Waals surface area contributed by atoms with Crippen molar-refractivity contribution in [3.05, 3.63) is 331 Å². The molecule has 12 heteroatoms. The third kappa shape index (κ3) is 14.0. The second kappa shape index (κ2) is 28.1. The maximum absolute atomic E-state index is 6.50. The second-order valence-electron chi connectivity index (χ2n) is 25.7. The lowest BCUT2D eigenvalue weighted by Gasteiger charge is -2.32. The third-order valence-electron chi connectivity index (χ3n) is 18.7. The molecule has 0 N–H and O–H groups in total. The minimum Gasteiger partial charge on any atom is -0.399 e. The fraction of sp³-hybridized carbons (Fsp3) is 0.0682. The summed E-state index contributed by atoms with van der Waals surface area (Å²) in [4.78, 5) is 26.0. The van der Waals surface area contributed by atoms with Crippen LogP contribution in [0, 0.1) is 0 Å². The fourth-order valence-electron chi connectivity index (χ4n) is 12.8. The van der Waals surface area contributed by atoms with Gasteiger partial charge in [-0.05, 0) is 220 Å². The smallest absolute Gasteiger partial charge is 0.399 e. The molecule has 16 aromatic rings. The zero-order chi connectivity index (χ0) is 68.3. The Bertz CT molecular complexity index is 5670. The van der Waals surface area contributed by atoms with Gasteiger partial charge in [0.25, 0.3) is 0 Å². The number of benzene rings is 14. The van der Waals surface area contributed by atoms with Crippen LogP contribution in [-0.4, -0.2) is 48.2 Å². The number of aromatic nitrogens is 6. The molecular formula is C88H64BCl3N6O2. The Balaban J connectivity index is 0.000000129. The zero-order valence-corrected chi connectivity index (χ0v) is 57.5. The predicted molar refractivity (Wildman–Crippen MR) is 416 cm³/mol. The first-order valence-electron chi connectivity index (χ1n) is 33.1. The summed E-state index contributed by atoms with van der Waals surface area (Å²) in [6.45, 7) is 8.35. The van der Waals surface area contributed by atoms with Crippen molar-refractivity contribution >= 4 is 90.5 Å². The van der Waals surface area contributed by atoms with Crippen molar-refractivity contribution in [3.63, 3.8) is 0 Å². The lowest BCUT2D eigenvalue weighted by Crippen LogP contribution is -2.41. The van der Waals surface area contributed by atoms with Gasteiger partial charge in [0.1, 0.15) is 0 Å². The quantitative estimate of drug-likeness (QED) is 0.125. The van der Waals surface area contributed by atoms with Crippen LogP contribution < -0.4 is 5.46 Å². The van der Waals surface area contributed by atoms with Crippen molar-refractivity contribution < 1.29 is 9.31 Å². The molecule has 0 atom stereocenters. The Hall–Kier alpha value is -11.0. The van der Waals surface area contributed by atoms with Crippen LogP contribution in [-0.2, 0) is 9.31 Å². The highest BCUT2D eigenvalue weighted by Gasteiger charge is 2.51. The van der Waals surface area contributed by atoms with Gasteiger partial charge >= 0.3 is 7.12 Å². The maximum atomic E-state index is 6.50. The summed E-state index contributed by atoms with van der Waals surface area (Å²) in [5.41, 5.74) is 16.9. The van der Waals surface area contributed by atoms with Crippen LogP contribution in [0.25, 0.3) is 144 Å². The summed E-state index contributed by atoms with van der Waals surface area (Å²) in [5, 5.41) is 10.0. The number of hydrogen-bond acceptors (Lipinski definition) is 8. The molecule has 17 rings (SSSR count). The molecule has 482 valence electrons. The Labute approximate surface area is 596 Å². The standard InChI is InChI=1S/C41H26ClN3.C28H27BO2.C19H11Cl2N3/c42-41-44-39(43-40(45-41)36-16-7-14-34(26-36)38-18-8-12-28-11-4-5-17-37(28)38)35-15-6-13-29(25-35)31-21-22-32-23-30(19-20-33(32)24-31)27-9-2-1-3-10-27;1-27(2)28(3,4)31-29(30-27)26-12-8-11-21(19-26)23-15-16-24-17-22(13-14-25(24)18-23)20-9-6-5-7-10-20;20-18-22-17(23-19(21)24-18)14-8-3-7-13(11-14)16-10-4-6-12-5-1-2-9-15(12)16/h1-26H;5-19H,1-4H3;1-11H. The lowest BCUT2D eigenvalue weighted by atomic mass is 9.78. The molecule has 0 radical (unpaired) electrons. The molecule has 0 unspecified atom stereocenters. The van der Waals surface area contributed by atoms with Crippen LogP contribution in [0.3, 0.4) is 0 Å². The van der Waals surface area contributed by atoms with E-state index in [1.54, 1.807) is 0 Å². The summed E-state index contributed by atoms with van der Waals surface area (Å²) in [5.74, 6) is 1.54. The normalized spacial score (nSPS) is 13.0. The number of halogens is 3. The van der Waals surface area contributed by atoms with E-state index in [-0.39, 0.29) is 34.2 Å². The monoisotopic (exact) mass is 1350 g/mol. The molecule has 14 aromatic carbocycles. The van der Waals surface area contributed by atoms with Crippen LogP contribution in [0.5, 0.6) is 0 Å². The Morgan fingerprint density at radius 1 is 0.240 bits per heavy atom. The Kier molecular flexibility index (Phi) is 18.2. The molecule has 1 saturated heterocycles. The number of rotatable bonds is 10. The Morgan fingerprint density at radius 3 is 0.980 bits per heavy atom. The topological polar surface area (TPSA) is 95.8 Å². The minimum absolute atomic E-state index is 0.0839. The maximum Gasteiger partial charge on any atom is 0.494 e. The van der Waals surface area contributed by atoms with Gasteiger partial charge in [0.15, 0.2) is 17.5 Å². The lowest BCUT2D eigenvalue weighted by molar-refractivity contribution is 0.00578. The first kappa shape index (κ1) is 65.0.